The lowest BCUT2D eigenvalue weighted by molar-refractivity contribution is -0.138. The summed E-state index contributed by atoms with van der Waals surface area (Å²) in [4.78, 5) is 28.0. The van der Waals surface area contributed by atoms with Crippen LogP contribution in [-0.4, -0.2) is 69.3 Å². The SMILES string of the molecule is CCc1c(C(=O)N2CCCC(N(C)CC(=O)O)CC2)cnn1Cc1ccccc1. The quantitative estimate of drug-likeness (QED) is 0.775. The van der Waals surface area contributed by atoms with Gasteiger partial charge in [-0.2, -0.15) is 5.10 Å². The molecule has 1 aliphatic rings. The number of carbonyl (C=O) groups excluding carboxylic acids is 1. The van der Waals surface area contributed by atoms with Gasteiger partial charge in [0.25, 0.3) is 5.91 Å². The van der Waals surface area contributed by atoms with Crippen molar-refractivity contribution in [1.82, 2.24) is 19.6 Å². The molecule has 0 radical (unpaired) electrons. The molecule has 2 heterocycles. The van der Waals surface area contributed by atoms with Crippen LogP contribution < -0.4 is 0 Å². The Morgan fingerprint density at radius 1 is 1.21 bits per heavy atom. The molecule has 1 saturated heterocycles. The highest BCUT2D eigenvalue weighted by Crippen LogP contribution is 2.20. The van der Waals surface area contributed by atoms with E-state index in [9.17, 15) is 9.59 Å². The number of carbonyl (C=O) groups is 2. The Kier molecular flexibility index (Phi) is 7.04. The standard InChI is InChI=1S/C22H30N4O3/c1-3-20-19(14-23-26(20)15-17-8-5-4-6-9-17)22(29)25-12-7-10-18(11-13-25)24(2)16-21(27)28/h4-6,8-9,14,18H,3,7,10-13,15-16H2,1-2H3,(H,27,28). The fraction of sp³-hybridized carbons (Fsp3) is 0.500. The Labute approximate surface area is 171 Å². The van der Waals surface area contributed by atoms with E-state index in [4.69, 9.17) is 5.11 Å². The first-order valence-electron chi connectivity index (χ1n) is 10.3. The van der Waals surface area contributed by atoms with Crippen molar-refractivity contribution in [3.63, 3.8) is 0 Å². The third kappa shape index (κ3) is 5.23. The van der Waals surface area contributed by atoms with Gasteiger partial charge in [0.2, 0.25) is 0 Å². The van der Waals surface area contributed by atoms with Crippen molar-refractivity contribution in [2.75, 3.05) is 26.7 Å². The van der Waals surface area contributed by atoms with Gasteiger partial charge in [-0.05, 0) is 38.3 Å². The molecule has 7 nitrogen and oxygen atoms in total. The summed E-state index contributed by atoms with van der Waals surface area (Å²) in [5.41, 5.74) is 2.80. The second-order valence-corrected chi connectivity index (χ2v) is 7.69. The van der Waals surface area contributed by atoms with Crippen LogP contribution in [0.3, 0.4) is 0 Å². The molecule has 1 fully saturated rings. The maximum atomic E-state index is 13.2. The normalized spacial score (nSPS) is 17.3. The van der Waals surface area contributed by atoms with E-state index in [1.807, 2.05) is 39.7 Å². The van der Waals surface area contributed by atoms with E-state index in [1.165, 1.54) is 0 Å². The van der Waals surface area contributed by atoms with Gasteiger partial charge in [-0.25, -0.2) is 0 Å². The number of carboxylic acids is 1. The second kappa shape index (κ2) is 9.69. The largest absolute Gasteiger partial charge is 0.480 e. The van der Waals surface area contributed by atoms with E-state index in [0.29, 0.717) is 25.2 Å². The van der Waals surface area contributed by atoms with Gasteiger partial charge in [-0.15, -0.1) is 0 Å². The minimum Gasteiger partial charge on any atom is -0.480 e. The summed E-state index contributed by atoms with van der Waals surface area (Å²) in [7, 11) is 1.85. The number of likely N-dealkylation sites (N-methyl/N-ethyl adjacent to an activating group) is 1. The maximum Gasteiger partial charge on any atom is 0.317 e. The Balaban J connectivity index is 1.69. The summed E-state index contributed by atoms with van der Waals surface area (Å²) < 4.78 is 1.92. The lowest BCUT2D eigenvalue weighted by Crippen LogP contribution is -2.37. The highest BCUT2D eigenvalue weighted by molar-refractivity contribution is 5.95. The number of likely N-dealkylation sites (tertiary alicyclic amines) is 1. The summed E-state index contributed by atoms with van der Waals surface area (Å²) in [6.45, 7) is 4.07. The van der Waals surface area contributed by atoms with Crippen LogP contribution in [0.15, 0.2) is 36.5 Å². The van der Waals surface area contributed by atoms with Gasteiger partial charge in [0.05, 0.1) is 30.5 Å². The van der Waals surface area contributed by atoms with Crippen LogP contribution in [-0.2, 0) is 17.8 Å². The fourth-order valence-electron chi connectivity index (χ4n) is 4.09. The topological polar surface area (TPSA) is 78.7 Å². The molecule has 1 unspecified atom stereocenters. The van der Waals surface area contributed by atoms with E-state index in [1.54, 1.807) is 6.20 Å². The summed E-state index contributed by atoms with van der Waals surface area (Å²) in [6.07, 6.45) is 5.01. The smallest absolute Gasteiger partial charge is 0.317 e. The molecule has 3 rings (SSSR count). The molecule has 156 valence electrons. The van der Waals surface area contributed by atoms with Crippen LogP contribution in [0.25, 0.3) is 0 Å². The van der Waals surface area contributed by atoms with Crippen molar-refractivity contribution >= 4 is 11.9 Å². The van der Waals surface area contributed by atoms with Gasteiger partial charge in [-0.1, -0.05) is 37.3 Å². The number of hydrogen-bond acceptors (Lipinski definition) is 4. The van der Waals surface area contributed by atoms with Crippen LogP contribution in [0.4, 0.5) is 0 Å². The number of benzene rings is 1. The summed E-state index contributed by atoms with van der Waals surface area (Å²) in [6, 6.07) is 10.3. The van der Waals surface area contributed by atoms with Gasteiger partial charge in [-0.3, -0.25) is 19.2 Å². The average Bonchev–Trinajstić information content (AvgIpc) is 2.94. The van der Waals surface area contributed by atoms with Gasteiger partial charge in [0, 0.05) is 19.1 Å². The molecular weight excluding hydrogens is 368 g/mol. The highest BCUT2D eigenvalue weighted by Gasteiger charge is 2.27. The number of aliphatic carboxylic acids is 1. The van der Waals surface area contributed by atoms with Gasteiger partial charge < -0.3 is 10.0 Å². The van der Waals surface area contributed by atoms with Crippen molar-refractivity contribution in [3.8, 4) is 0 Å². The third-order valence-electron chi connectivity index (χ3n) is 5.68. The van der Waals surface area contributed by atoms with Crippen LogP contribution in [0.2, 0.25) is 0 Å². The van der Waals surface area contributed by atoms with Crippen LogP contribution in [0.5, 0.6) is 0 Å². The lowest BCUT2D eigenvalue weighted by atomic mass is 10.1. The molecule has 29 heavy (non-hydrogen) atoms. The molecule has 7 heteroatoms. The summed E-state index contributed by atoms with van der Waals surface area (Å²) in [5, 5.41) is 13.5. The average molecular weight is 399 g/mol. The molecule has 2 aromatic rings. The summed E-state index contributed by atoms with van der Waals surface area (Å²) >= 11 is 0. The Morgan fingerprint density at radius 2 is 1.97 bits per heavy atom. The zero-order chi connectivity index (χ0) is 20.8. The molecule has 1 atom stereocenters. The zero-order valence-corrected chi connectivity index (χ0v) is 17.3. The number of aromatic nitrogens is 2. The molecule has 1 aromatic heterocycles. The number of nitrogens with zero attached hydrogens (tertiary/aromatic N) is 4. The lowest BCUT2D eigenvalue weighted by Gasteiger charge is -2.25. The van der Waals surface area contributed by atoms with E-state index in [0.717, 1.165) is 36.9 Å². The van der Waals surface area contributed by atoms with Crippen LogP contribution in [0, 0.1) is 0 Å². The Bertz CT molecular complexity index is 834. The third-order valence-corrected chi connectivity index (χ3v) is 5.68. The second-order valence-electron chi connectivity index (χ2n) is 7.69. The van der Waals surface area contributed by atoms with E-state index >= 15 is 0 Å². The molecule has 1 aromatic carbocycles. The van der Waals surface area contributed by atoms with Crippen molar-refractivity contribution < 1.29 is 14.7 Å². The van der Waals surface area contributed by atoms with E-state index < -0.39 is 5.97 Å². The van der Waals surface area contributed by atoms with Gasteiger partial charge in [0.1, 0.15) is 0 Å². The molecule has 1 amide bonds. The Morgan fingerprint density at radius 3 is 2.66 bits per heavy atom. The van der Waals surface area contributed by atoms with Crippen molar-refractivity contribution in [3.05, 3.63) is 53.3 Å². The first-order chi connectivity index (χ1) is 14.0. The molecular formula is C22H30N4O3. The van der Waals surface area contributed by atoms with E-state index in [2.05, 4.69) is 24.2 Å². The molecule has 1 aliphatic heterocycles. The molecule has 0 spiro atoms. The van der Waals surface area contributed by atoms with E-state index in [-0.39, 0.29) is 18.5 Å². The number of hydrogen-bond donors (Lipinski definition) is 1. The predicted octanol–water partition coefficient (Wildman–Crippen LogP) is 2.50. The maximum absolute atomic E-state index is 13.2. The zero-order valence-electron chi connectivity index (χ0n) is 17.3. The number of carboxylic acid groups (broad SMARTS) is 1. The fourth-order valence-corrected chi connectivity index (χ4v) is 4.09. The van der Waals surface area contributed by atoms with Crippen molar-refractivity contribution in [2.45, 2.75) is 45.2 Å². The van der Waals surface area contributed by atoms with Gasteiger partial charge in [0.15, 0.2) is 0 Å². The van der Waals surface area contributed by atoms with Crippen LogP contribution in [0.1, 0.15) is 47.8 Å². The first kappa shape index (κ1) is 21.0. The number of rotatable bonds is 7. The van der Waals surface area contributed by atoms with Crippen LogP contribution >= 0.6 is 0 Å². The van der Waals surface area contributed by atoms with Gasteiger partial charge >= 0.3 is 5.97 Å². The summed E-state index contributed by atoms with van der Waals surface area (Å²) in [5.74, 6) is -0.786. The van der Waals surface area contributed by atoms with Crippen molar-refractivity contribution in [2.24, 2.45) is 0 Å². The number of amides is 1. The molecule has 0 saturated carbocycles. The monoisotopic (exact) mass is 398 g/mol. The molecule has 0 aliphatic carbocycles. The Hall–Kier alpha value is -2.67. The molecule has 0 bridgehead atoms. The molecule has 1 N–H and O–H groups in total. The highest BCUT2D eigenvalue weighted by atomic mass is 16.4. The predicted molar refractivity (Wildman–Crippen MR) is 111 cm³/mol. The first-order valence-corrected chi connectivity index (χ1v) is 10.3. The minimum atomic E-state index is -0.817. The minimum absolute atomic E-state index is 0.0303. The van der Waals surface area contributed by atoms with Crippen molar-refractivity contribution in [1.29, 1.82) is 0 Å².